The van der Waals surface area contributed by atoms with Gasteiger partial charge in [-0.25, -0.2) is 4.79 Å². The number of methoxy groups -OCH3 is 1. The van der Waals surface area contributed by atoms with Gasteiger partial charge in [0.1, 0.15) is 17.5 Å². The van der Waals surface area contributed by atoms with Crippen molar-refractivity contribution in [1.29, 1.82) is 0 Å². The summed E-state index contributed by atoms with van der Waals surface area (Å²) in [5.74, 6) is -1.35. The number of allylic oxidation sites excluding steroid dienone is 1. The minimum Gasteiger partial charge on any atom is -0.487 e. The number of aliphatic hydroxyl groups is 1. The van der Waals surface area contributed by atoms with Gasteiger partial charge in [0.25, 0.3) is 0 Å². The van der Waals surface area contributed by atoms with Gasteiger partial charge in [-0.05, 0) is 44.9 Å². The molecular formula is C23H32O7. The summed E-state index contributed by atoms with van der Waals surface area (Å²) in [6.07, 6.45) is 3.20. The summed E-state index contributed by atoms with van der Waals surface area (Å²) in [5.41, 5.74) is -1.16. The van der Waals surface area contributed by atoms with E-state index in [4.69, 9.17) is 14.2 Å². The van der Waals surface area contributed by atoms with Gasteiger partial charge in [-0.15, -0.1) is 0 Å². The molecule has 0 spiro atoms. The minimum atomic E-state index is -1.18. The Hall–Kier alpha value is -2.15. The highest BCUT2D eigenvalue weighted by molar-refractivity contribution is 5.96. The monoisotopic (exact) mass is 420 g/mol. The summed E-state index contributed by atoms with van der Waals surface area (Å²) < 4.78 is 17.1. The molecule has 0 amide bonds. The first-order valence-electron chi connectivity index (χ1n) is 10.7. The molecule has 166 valence electrons. The molecular weight excluding hydrogens is 388 g/mol. The fourth-order valence-electron chi connectivity index (χ4n) is 4.89. The second kappa shape index (κ2) is 8.17. The van der Waals surface area contributed by atoms with Crippen LogP contribution in [0.3, 0.4) is 0 Å². The fourth-order valence-corrected chi connectivity index (χ4v) is 4.89. The largest absolute Gasteiger partial charge is 0.487 e. The Morgan fingerprint density at radius 1 is 1.23 bits per heavy atom. The summed E-state index contributed by atoms with van der Waals surface area (Å²) in [5, 5.41) is 11.6. The summed E-state index contributed by atoms with van der Waals surface area (Å²) in [6, 6.07) is 0. The third-order valence-electron chi connectivity index (χ3n) is 6.90. The Morgan fingerprint density at radius 3 is 2.53 bits per heavy atom. The maximum atomic E-state index is 13.0. The Kier molecular flexibility index (Phi) is 6.14. The molecule has 2 bridgehead atoms. The lowest BCUT2D eigenvalue weighted by Gasteiger charge is -2.45. The van der Waals surface area contributed by atoms with Crippen molar-refractivity contribution in [3.8, 4) is 0 Å². The second-order valence-corrected chi connectivity index (χ2v) is 9.12. The zero-order valence-corrected chi connectivity index (χ0v) is 18.4. The maximum absolute atomic E-state index is 13.0. The van der Waals surface area contributed by atoms with Crippen molar-refractivity contribution in [1.82, 2.24) is 0 Å². The summed E-state index contributed by atoms with van der Waals surface area (Å²) in [7, 11) is 1.31. The zero-order chi connectivity index (χ0) is 22.3. The number of fused-ring (bicyclic) bond motifs is 1. The molecule has 0 aromatic rings. The normalized spacial score (nSPS) is 35.8. The molecule has 1 aliphatic carbocycles. The number of rotatable bonds is 3. The lowest BCUT2D eigenvalue weighted by Crippen LogP contribution is -2.49. The number of carbonyl (C=O) groups is 3. The van der Waals surface area contributed by atoms with Crippen LogP contribution in [-0.2, 0) is 28.6 Å². The number of ether oxygens (including phenoxy) is 3. The molecule has 0 fully saturated rings. The van der Waals surface area contributed by atoms with Gasteiger partial charge in [0.15, 0.2) is 5.78 Å². The van der Waals surface area contributed by atoms with E-state index in [0.29, 0.717) is 49.0 Å². The molecule has 0 radical (unpaired) electrons. The fraction of sp³-hybridized carbons (Fsp3) is 0.696. The van der Waals surface area contributed by atoms with Crippen molar-refractivity contribution in [3.63, 3.8) is 0 Å². The van der Waals surface area contributed by atoms with E-state index in [9.17, 15) is 19.5 Å². The molecule has 0 unspecified atom stereocenters. The average Bonchev–Trinajstić information content (AvgIpc) is 2.77. The number of hydrogen-bond acceptors (Lipinski definition) is 7. The number of hydrogen-bond donors (Lipinski definition) is 1. The topological polar surface area (TPSA) is 99.1 Å². The number of ketones is 1. The van der Waals surface area contributed by atoms with Crippen molar-refractivity contribution in [2.45, 2.75) is 83.5 Å². The van der Waals surface area contributed by atoms with E-state index >= 15 is 0 Å². The molecule has 2 aliphatic heterocycles. The summed E-state index contributed by atoms with van der Waals surface area (Å²) in [4.78, 5) is 37.3. The zero-order valence-electron chi connectivity index (χ0n) is 18.4. The van der Waals surface area contributed by atoms with Crippen LogP contribution in [0.4, 0.5) is 0 Å². The lowest BCUT2D eigenvalue weighted by atomic mass is 9.68. The highest BCUT2D eigenvalue weighted by Gasteiger charge is 2.52. The second-order valence-electron chi connectivity index (χ2n) is 9.12. The molecule has 7 heteroatoms. The highest BCUT2D eigenvalue weighted by atomic mass is 16.6. The van der Waals surface area contributed by atoms with Crippen molar-refractivity contribution in [2.75, 3.05) is 7.11 Å². The summed E-state index contributed by atoms with van der Waals surface area (Å²) >= 11 is 0. The van der Waals surface area contributed by atoms with Crippen LogP contribution in [0.5, 0.6) is 0 Å². The van der Waals surface area contributed by atoms with E-state index in [-0.39, 0.29) is 18.1 Å². The molecule has 0 saturated heterocycles. The van der Waals surface area contributed by atoms with Crippen molar-refractivity contribution >= 4 is 17.7 Å². The van der Waals surface area contributed by atoms with E-state index < -0.39 is 35.2 Å². The Bertz CT molecular complexity index is 808. The van der Waals surface area contributed by atoms with E-state index in [1.165, 1.54) is 14.0 Å². The molecule has 3 rings (SSSR count). The van der Waals surface area contributed by atoms with Crippen LogP contribution < -0.4 is 0 Å². The first-order chi connectivity index (χ1) is 14.0. The van der Waals surface area contributed by atoms with Gasteiger partial charge in [-0.2, -0.15) is 0 Å². The average molecular weight is 421 g/mol. The van der Waals surface area contributed by atoms with Gasteiger partial charge >= 0.3 is 11.9 Å². The third kappa shape index (κ3) is 3.92. The Labute approximate surface area is 177 Å². The van der Waals surface area contributed by atoms with Crippen LogP contribution in [0.25, 0.3) is 0 Å². The lowest BCUT2D eigenvalue weighted by molar-refractivity contribution is -0.168. The molecule has 0 aromatic carbocycles. The molecule has 2 heterocycles. The van der Waals surface area contributed by atoms with Gasteiger partial charge < -0.3 is 19.3 Å². The van der Waals surface area contributed by atoms with Crippen molar-refractivity contribution < 1.29 is 33.7 Å². The molecule has 30 heavy (non-hydrogen) atoms. The predicted molar refractivity (Wildman–Crippen MR) is 108 cm³/mol. The predicted octanol–water partition coefficient (Wildman–Crippen LogP) is 3.00. The first kappa shape index (κ1) is 22.5. The Morgan fingerprint density at radius 2 is 1.93 bits per heavy atom. The first-order valence-corrected chi connectivity index (χ1v) is 10.7. The standard InChI is InChI=1S/C23H32O7/c1-13(2)23(27)11-8-16-18(25)9-10-22(4)19(29-14(3)24)7-6-15(21(26)28-5)12-17(23)20(16)30-22/h12-13,17,19,27H,6-11H2,1-5H3/b15-12+/t17-,19-,22+,23+/m0/s1. The van der Waals surface area contributed by atoms with Crippen LogP contribution in [0.15, 0.2) is 23.0 Å². The number of esters is 2. The molecule has 3 aliphatic rings. The number of carbonyl (C=O) groups excluding carboxylic acids is 3. The van der Waals surface area contributed by atoms with Gasteiger partial charge in [0, 0.05) is 24.5 Å². The van der Waals surface area contributed by atoms with E-state index in [0.717, 1.165) is 0 Å². The van der Waals surface area contributed by atoms with E-state index in [1.807, 2.05) is 20.8 Å². The molecule has 0 aromatic heterocycles. The van der Waals surface area contributed by atoms with E-state index in [2.05, 4.69) is 0 Å². The SMILES string of the molecule is COC(=O)/C1=C/[C@H]2C3=C(CC[C@@]2(O)C(C)C)C(=O)CC[C@@](C)(O3)[C@@H](OC(C)=O)CC1. The van der Waals surface area contributed by atoms with Gasteiger partial charge in [0.2, 0.25) is 0 Å². The molecule has 7 nitrogen and oxygen atoms in total. The van der Waals surface area contributed by atoms with Crippen molar-refractivity contribution in [2.24, 2.45) is 11.8 Å². The molecule has 0 saturated carbocycles. The summed E-state index contributed by atoms with van der Waals surface area (Å²) in [6.45, 7) is 7.01. The van der Waals surface area contributed by atoms with E-state index in [1.54, 1.807) is 6.08 Å². The quantitative estimate of drug-likeness (QED) is 0.701. The van der Waals surface area contributed by atoms with Crippen LogP contribution >= 0.6 is 0 Å². The maximum Gasteiger partial charge on any atom is 0.333 e. The van der Waals surface area contributed by atoms with Gasteiger partial charge in [-0.1, -0.05) is 19.9 Å². The molecule has 4 atom stereocenters. The van der Waals surface area contributed by atoms with Crippen LogP contribution in [0, 0.1) is 11.8 Å². The van der Waals surface area contributed by atoms with Gasteiger partial charge in [-0.3, -0.25) is 9.59 Å². The van der Waals surface area contributed by atoms with Crippen molar-refractivity contribution in [3.05, 3.63) is 23.0 Å². The van der Waals surface area contributed by atoms with Gasteiger partial charge in [0.05, 0.1) is 18.6 Å². The molecule has 1 N–H and O–H groups in total. The third-order valence-corrected chi connectivity index (χ3v) is 6.90. The van der Waals surface area contributed by atoms with Crippen LogP contribution in [0.2, 0.25) is 0 Å². The van der Waals surface area contributed by atoms with Crippen LogP contribution in [-0.4, -0.2) is 47.2 Å². The smallest absolute Gasteiger partial charge is 0.333 e. The Balaban J connectivity index is 2.22. The minimum absolute atomic E-state index is 0.0142. The van der Waals surface area contributed by atoms with Crippen LogP contribution in [0.1, 0.15) is 66.2 Å². The highest BCUT2D eigenvalue weighted by Crippen LogP contribution is 2.49. The number of Topliss-reactive ketones (excluding diaryl/α,β-unsaturated/α-hetero) is 1.